The molecular formula is C25H21FN2O4. The molecule has 7 heteroatoms. The molecule has 1 aliphatic rings. The van der Waals surface area contributed by atoms with E-state index in [1.54, 1.807) is 36.7 Å². The number of ether oxygens (including phenoxy) is 1. The fraction of sp³-hybridized carbons (Fsp3) is 0.160. The summed E-state index contributed by atoms with van der Waals surface area (Å²) < 4.78 is 19.3. The van der Waals surface area contributed by atoms with Crippen LogP contribution in [-0.2, 0) is 9.59 Å². The number of aryl methyl sites for hydroxylation is 1. The summed E-state index contributed by atoms with van der Waals surface area (Å²) in [6.45, 7) is 3.78. The van der Waals surface area contributed by atoms with Crippen molar-refractivity contribution in [3.8, 4) is 5.75 Å². The molecule has 6 nitrogen and oxygen atoms in total. The second kappa shape index (κ2) is 8.26. The predicted octanol–water partition coefficient (Wildman–Crippen LogP) is 4.47. The Morgan fingerprint density at radius 1 is 1.09 bits per heavy atom. The Balaban J connectivity index is 2.01. The second-order valence-corrected chi connectivity index (χ2v) is 7.51. The van der Waals surface area contributed by atoms with Crippen LogP contribution in [0.25, 0.3) is 5.76 Å². The average molecular weight is 432 g/mol. The number of aliphatic hydroxyl groups is 1. The Labute approximate surface area is 184 Å². The molecule has 1 aliphatic heterocycles. The van der Waals surface area contributed by atoms with Crippen LogP contribution in [0.2, 0.25) is 0 Å². The molecule has 1 unspecified atom stereocenters. The standard InChI is InChI=1S/C25H21FN2O4/c1-14-5-4-6-19(15(14)2)28-22(16-9-11-27-12-10-16)21(24(30)25(28)31)23(29)18-13-17(26)7-8-20(18)32-3/h4-13,22,29H,1-3H3/b23-21+. The Morgan fingerprint density at radius 2 is 1.81 bits per heavy atom. The summed E-state index contributed by atoms with van der Waals surface area (Å²) in [7, 11) is 1.37. The first-order chi connectivity index (χ1) is 15.3. The molecule has 3 aromatic rings. The van der Waals surface area contributed by atoms with Gasteiger partial charge in [-0.3, -0.25) is 19.5 Å². The number of hydrogen-bond acceptors (Lipinski definition) is 5. The third-order valence-corrected chi connectivity index (χ3v) is 5.72. The molecule has 32 heavy (non-hydrogen) atoms. The summed E-state index contributed by atoms with van der Waals surface area (Å²) in [5.74, 6) is -2.59. The van der Waals surface area contributed by atoms with Gasteiger partial charge >= 0.3 is 0 Å². The van der Waals surface area contributed by atoms with Crippen LogP contribution in [0.4, 0.5) is 10.1 Å². The first kappa shape index (κ1) is 21.2. The van der Waals surface area contributed by atoms with E-state index in [0.717, 1.165) is 17.2 Å². The van der Waals surface area contributed by atoms with Crippen LogP contribution in [0, 0.1) is 19.7 Å². The van der Waals surface area contributed by atoms with E-state index < -0.39 is 29.3 Å². The Bertz CT molecular complexity index is 1250. The number of aromatic nitrogens is 1. The summed E-state index contributed by atoms with van der Waals surface area (Å²) in [6.07, 6.45) is 3.09. The largest absolute Gasteiger partial charge is 0.507 e. The van der Waals surface area contributed by atoms with Gasteiger partial charge in [0.1, 0.15) is 17.3 Å². The van der Waals surface area contributed by atoms with Gasteiger partial charge in [-0.05, 0) is 66.9 Å². The third kappa shape index (κ3) is 3.41. The van der Waals surface area contributed by atoms with E-state index in [1.165, 1.54) is 24.1 Å². The van der Waals surface area contributed by atoms with Crippen LogP contribution in [0.5, 0.6) is 5.75 Å². The minimum atomic E-state index is -0.925. The van der Waals surface area contributed by atoms with Crippen molar-refractivity contribution in [3.05, 3.63) is 94.6 Å². The second-order valence-electron chi connectivity index (χ2n) is 7.51. The van der Waals surface area contributed by atoms with Crippen molar-refractivity contribution in [2.45, 2.75) is 19.9 Å². The molecule has 1 saturated heterocycles. The lowest BCUT2D eigenvalue weighted by Gasteiger charge is -2.27. The number of methoxy groups -OCH3 is 1. The van der Waals surface area contributed by atoms with E-state index in [9.17, 15) is 19.1 Å². The topological polar surface area (TPSA) is 79.7 Å². The molecule has 162 valence electrons. The van der Waals surface area contributed by atoms with E-state index in [1.807, 2.05) is 19.9 Å². The zero-order valence-electron chi connectivity index (χ0n) is 17.8. The van der Waals surface area contributed by atoms with Crippen LogP contribution < -0.4 is 9.64 Å². The third-order valence-electron chi connectivity index (χ3n) is 5.72. The highest BCUT2D eigenvalue weighted by molar-refractivity contribution is 6.51. The van der Waals surface area contributed by atoms with Gasteiger partial charge in [-0.2, -0.15) is 0 Å². The minimum absolute atomic E-state index is 0.00878. The summed E-state index contributed by atoms with van der Waals surface area (Å²) in [5.41, 5.74) is 2.76. The Morgan fingerprint density at radius 3 is 2.50 bits per heavy atom. The van der Waals surface area contributed by atoms with E-state index in [0.29, 0.717) is 11.3 Å². The van der Waals surface area contributed by atoms with Gasteiger partial charge in [0.15, 0.2) is 0 Å². The number of rotatable bonds is 4. The molecule has 2 heterocycles. The quantitative estimate of drug-likeness (QED) is 0.374. The lowest BCUT2D eigenvalue weighted by atomic mass is 9.95. The first-order valence-electron chi connectivity index (χ1n) is 9.96. The van der Waals surface area contributed by atoms with Gasteiger partial charge in [0.25, 0.3) is 11.7 Å². The number of anilines is 1. The number of nitrogens with zero attached hydrogens (tertiary/aromatic N) is 2. The van der Waals surface area contributed by atoms with Crippen molar-refractivity contribution in [2.24, 2.45) is 0 Å². The Kier molecular flexibility index (Phi) is 5.48. The molecule has 1 N–H and O–H groups in total. The maximum absolute atomic E-state index is 14.0. The van der Waals surface area contributed by atoms with Crippen molar-refractivity contribution >= 4 is 23.1 Å². The maximum Gasteiger partial charge on any atom is 0.300 e. The zero-order valence-corrected chi connectivity index (χ0v) is 17.8. The fourth-order valence-electron chi connectivity index (χ4n) is 3.95. The number of amides is 1. The van der Waals surface area contributed by atoms with Crippen LogP contribution in [-0.4, -0.2) is 28.9 Å². The summed E-state index contributed by atoms with van der Waals surface area (Å²) >= 11 is 0. The summed E-state index contributed by atoms with van der Waals surface area (Å²) in [6, 6.07) is 11.5. The molecule has 1 amide bonds. The van der Waals surface area contributed by atoms with E-state index in [4.69, 9.17) is 4.74 Å². The van der Waals surface area contributed by atoms with Crippen LogP contribution >= 0.6 is 0 Å². The molecular weight excluding hydrogens is 411 g/mol. The number of hydrogen-bond donors (Lipinski definition) is 1. The maximum atomic E-state index is 14.0. The molecule has 0 saturated carbocycles. The number of pyridine rings is 1. The lowest BCUT2D eigenvalue weighted by Crippen LogP contribution is -2.30. The highest BCUT2D eigenvalue weighted by Gasteiger charge is 2.47. The number of ketones is 1. The zero-order chi connectivity index (χ0) is 23.0. The predicted molar refractivity (Wildman–Crippen MR) is 118 cm³/mol. The monoisotopic (exact) mass is 432 g/mol. The summed E-state index contributed by atoms with van der Waals surface area (Å²) in [4.78, 5) is 31.8. The number of carbonyl (C=O) groups excluding carboxylic acids is 2. The lowest BCUT2D eigenvalue weighted by molar-refractivity contribution is -0.132. The normalized spacial score (nSPS) is 17.6. The fourth-order valence-corrected chi connectivity index (χ4v) is 3.95. The van der Waals surface area contributed by atoms with Crippen molar-refractivity contribution in [1.82, 2.24) is 4.98 Å². The van der Waals surface area contributed by atoms with Crippen LogP contribution in [0.15, 0.2) is 66.5 Å². The number of halogens is 1. The molecule has 0 bridgehead atoms. The highest BCUT2D eigenvalue weighted by Crippen LogP contribution is 2.44. The van der Waals surface area contributed by atoms with Gasteiger partial charge in [-0.15, -0.1) is 0 Å². The Hall–Kier alpha value is -4.00. The van der Waals surface area contributed by atoms with Crippen molar-refractivity contribution in [1.29, 1.82) is 0 Å². The number of carbonyl (C=O) groups is 2. The molecule has 4 rings (SSSR count). The van der Waals surface area contributed by atoms with Gasteiger partial charge in [0.2, 0.25) is 0 Å². The summed E-state index contributed by atoms with van der Waals surface area (Å²) in [5, 5.41) is 11.2. The van der Waals surface area contributed by atoms with Gasteiger partial charge in [-0.25, -0.2) is 4.39 Å². The number of aliphatic hydroxyl groups excluding tert-OH is 1. The molecule has 0 aliphatic carbocycles. The molecule has 0 radical (unpaired) electrons. The molecule has 0 spiro atoms. The van der Waals surface area contributed by atoms with E-state index in [2.05, 4.69) is 4.98 Å². The van der Waals surface area contributed by atoms with Crippen molar-refractivity contribution in [3.63, 3.8) is 0 Å². The van der Waals surface area contributed by atoms with Crippen LogP contribution in [0.1, 0.15) is 28.3 Å². The van der Waals surface area contributed by atoms with Gasteiger partial charge in [0.05, 0.1) is 24.3 Å². The number of Topliss-reactive ketones (excluding diaryl/α,β-unsaturated/α-hetero) is 1. The first-order valence-corrected chi connectivity index (χ1v) is 9.96. The van der Waals surface area contributed by atoms with Crippen molar-refractivity contribution in [2.75, 3.05) is 12.0 Å². The molecule has 1 fully saturated rings. The molecule has 1 atom stereocenters. The van der Waals surface area contributed by atoms with Gasteiger partial charge < -0.3 is 9.84 Å². The highest BCUT2D eigenvalue weighted by atomic mass is 19.1. The minimum Gasteiger partial charge on any atom is -0.507 e. The van der Waals surface area contributed by atoms with Crippen molar-refractivity contribution < 1.29 is 23.8 Å². The van der Waals surface area contributed by atoms with Gasteiger partial charge in [-0.1, -0.05) is 12.1 Å². The van der Waals surface area contributed by atoms with Crippen LogP contribution in [0.3, 0.4) is 0 Å². The van der Waals surface area contributed by atoms with Gasteiger partial charge in [0, 0.05) is 18.1 Å². The number of benzene rings is 2. The molecule has 1 aromatic heterocycles. The SMILES string of the molecule is COc1ccc(F)cc1/C(O)=C1\C(=O)C(=O)N(c2cccc(C)c2C)C1c1ccncc1. The average Bonchev–Trinajstić information content (AvgIpc) is 3.06. The van der Waals surface area contributed by atoms with E-state index >= 15 is 0 Å². The van der Waals surface area contributed by atoms with E-state index in [-0.39, 0.29) is 16.9 Å². The molecule has 2 aromatic carbocycles. The smallest absolute Gasteiger partial charge is 0.300 e.